The van der Waals surface area contributed by atoms with Gasteiger partial charge in [0.25, 0.3) is 5.91 Å². The van der Waals surface area contributed by atoms with Crippen LogP contribution in [0.2, 0.25) is 0 Å². The van der Waals surface area contributed by atoms with E-state index in [4.69, 9.17) is 4.84 Å². The van der Waals surface area contributed by atoms with Crippen molar-refractivity contribution in [3.63, 3.8) is 0 Å². The zero-order valence-corrected chi connectivity index (χ0v) is 16.4. The van der Waals surface area contributed by atoms with E-state index in [1.54, 1.807) is 18.1 Å². The molecule has 3 heterocycles. The third kappa shape index (κ3) is 4.64. The lowest BCUT2D eigenvalue weighted by molar-refractivity contribution is -0.141. The Labute approximate surface area is 160 Å². The molecule has 3 rings (SSSR count). The van der Waals surface area contributed by atoms with E-state index in [0.717, 1.165) is 25.1 Å². The Morgan fingerprint density at radius 2 is 2.19 bits per heavy atom. The van der Waals surface area contributed by atoms with Crippen LogP contribution < -0.4 is 0 Å². The first-order valence-electron chi connectivity index (χ1n) is 9.57. The maximum atomic E-state index is 12.7. The van der Waals surface area contributed by atoms with Gasteiger partial charge >= 0.3 is 0 Å². The number of aromatic nitrogens is 1. The highest BCUT2D eigenvalue weighted by atomic mass is 16.7. The number of oxime groups is 1. The van der Waals surface area contributed by atoms with Crippen LogP contribution in [-0.4, -0.2) is 58.0 Å². The van der Waals surface area contributed by atoms with Crippen molar-refractivity contribution in [1.29, 1.82) is 0 Å². The van der Waals surface area contributed by atoms with Crippen LogP contribution in [-0.2, 0) is 21.0 Å². The molecular formula is C20H28N4O3. The van der Waals surface area contributed by atoms with Crippen LogP contribution in [0.3, 0.4) is 0 Å². The van der Waals surface area contributed by atoms with Gasteiger partial charge in [-0.2, -0.15) is 0 Å². The maximum absolute atomic E-state index is 12.7. The maximum Gasteiger partial charge on any atom is 0.271 e. The number of pyridine rings is 1. The summed E-state index contributed by atoms with van der Waals surface area (Å²) in [6, 6.07) is 5.63. The summed E-state index contributed by atoms with van der Waals surface area (Å²) >= 11 is 0. The molecule has 0 unspecified atom stereocenters. The molecule has 7 heteroatoms. The van der Waals surface area contributed by atoms with E-state index in [1.165, 1.54) is 0 Å². The van der Waals surface area contributed by atoms with Crippen LogP contribution in [0.4, 0.5) is 0 Å². The molecule has 1 fully saturated rings. The molecule has 27 heavy (non-hydrogen) atoms. The predicted octanol–water partition coefficient (Wildman–Crippen LogP) is 2.22. The Kier molecular flexibility index (Phi) is 5.77. The van der Waals surface area contributed by atoms with Crippen molar-refractivity contribution in [2.45, 2.75) is 51.7 Å². The van der Waals surface area contributed by atoms with Crippen LogP contribution in [0, 0.1) is 5.92 Å². The quantitative estimate of drug-likeness (QED) is 0.794. The Morgan fingerprint density at radius 1 is 1.37 bits per heavy atom. The van der Waals surface area contributed by atoms with Gasteiger partial charge in [0, 0.05) is 32.6 Å². The highest BCUT2D eigenvalue weighted by molar-refractivity contribution is 6.39. The SMILES string of the molecule is CC(C)CC(=O)N1CCC[C@@]2(CC(C(=O)N(C)Cc3ccccn3)=NO2)C1. The molecule has 0 aromatic carbocycles. The fourth-order valence-corrected chi connectivity index (χ4v) is 3.67. The number of hydrogen-bond acceptors (Lipinski definition) is 5. The van der Waals surface area contributed by atoms with Crippen LogP contribution >= 0.6 is 0 Å². The van der Waals surface area contributed by atoms with Crippen LogP contribution in [0.5, 0.6) is 0 Å². The normalized spacial score (nSPS) is 21.9. The number of rotatable bonds is 5. The molecule has 2 aliphatic heterocycles. The van der Waals surface area contributed by atoms with Gasteiger partial charge in [0.15, 0.2) is 5.60 Å². The van der Waals surface area contributed by atoms with Crippen molar-refractivity contribution in [1.82, 2.24) is 14.8 Å². The molecule has 7 nitrogen and oxygen atoms in total. The average Bonchev–Trinajstić information content (AvgIpc) is 3.04. The molecule has 0 aliphatic carbocycles. The van der Waals surface area contributed by atoms with E-state index in [1.807, 2.05) is 36.9 Å². The lowest BCUT2D eigenvalue weighted by atomic mass is 9.87. The minimum atomic E-state index is -0.554. The van der Waals surface area contributed by atoms with Crippen molar-refractivity contribution in [2.24, 2.45) is 11.1 Å². The molecule has 0 radical (unpaired) electrons. The van der Waals surface area contributed by atoms with Gasteiger partial charge in [0.05, 0.1) is 18.8 Å². The zero-order valence-electron chi connectivity index (χ0n) is 16.4. The fourth-order valence-electron chi connectivity index (χ4n) is 3.67. The first kappa shape index (κ1) is 19.3. The topological polar surface area (TPSA) is 75.1 Å². The smallest absolute Gasteiger partial charge is 0.271 e. The zero-order chi connectivity index (χ0) is 19.4. The molecule has 1 spiro atoms. The van der Waals surface area contributed by atoms with Crippen molar-refractivity contribution >= 4 is 17.5 Å². The van der Waals surface area contributed by atoms with E-state index in [0.29, 0.717) is 37.6 Å². The monoisotopic (exact) mass is 372 g/mol. The predicted molar refractivity (Wildman–Crippen MR) is 102 cm³/mol. The minimum absolute atomic E-state index is 0.150. The van der Waals surface area contributed by atoms with Gasteiger partial charge in [-0.25, -0.2) is 0 Å². The first-order chi connectivity index (χ1) is 12.9. The first-order valence-corrected chi connectivity index (χ1v) is 9.57. The molecule has 2 aliphatic rings. The van der Waals surface area contributed by atoms with Crippen molar-refractivity contribution in [3.05, 3.63) is 30.1 Å². The summed E-state index contributed by atoms with van der Waals surface area (Å²) in [6.07, 6.45) is 4.37. The van der Waals surface area contributed by atoms with Crippen molar-refractivity contribution in [2.75, 3.05) is 20.1 Å². The van der Waals surface area contributed by atoms with Gasteiger partial charge in [-0.1, -0.05) is 25.1 Å². The van der Waals surface area contributed by atoms with Gasteiger partial charge < -0.3 is 14.6 Å². The van der Waals surface area contributed by atoms with Gasteiger partial charge in [-0.3, -0.25) is 14.6 Å². The molecule has 2 amide bonds. The lowest BCUT2D eigenvalue weighted by Gasteiger charge is -2.38. The summed E-state index contributed by atoms with van der Waals surface area (Å²) in [6.45, 7) is 5.76. The summed E-state index contributed by atoms with van der Waals surface area (Å²) in [5.74, 6) is 0.330. The lowest BCUT2D eigenvalue weighted by Crippen LogP contribution is -2.51. The Bertz CT molecular complexity index is 719. The van der Waals surface area contributed by atoms with Crippen LogP contribution in [0.1, 0.15) is 45.2 Å². The molecule has 1 atom stereocenters. The summed E-state index contributed by atoms with van der Waals surface area (Å²) in [7, 11) is 1.74. The minimum Gasteiger partial charge on any atom is -0.386 e. The highest BCUT2D eigenvalue weighted by Crippen LogP contribution is 2.34. The number of hydrogen-bond donors (Lipinski definition) is 0. The molecule has 1 aromatic rings. The standard InChI is InChI=1S/C20H28N4O3/c1-15(2)11-18(25)24-10-6-8-20(14-24)12-17(22-27-20)19(26)23(3)13-16-7-4-5-9-21-16/h4-5,7,9,15H,6,8,10-14H2,1-3H3/t20-/m1/s1. The Morgan fingerprint density at radius 3 is 2.89 bits per heavy atom. The number of carbonyl (C=O) groups is 2. The van der Waals surface area contributed by atoms with Crippen molar-refractivity contribution in [3.8, 4) is 0 Å². The average molecular weight is 372 g/mol. The number of piperidine rings is 1. The molecule has 1 aromatic heterocycles. The molecular weight excluding hydrogens is 344 g/mol. The van der Waals surface area contributed by atoms with Gasteiger partial charge in [0.2, 0.25) is 5.91 Å². The summed E-state index contributed by atoms with van der Waals surface area (Å²) in [5, 5.41) is 4.10. The third-order valence-electron chi connectivity index (χ3n) is 5.03. The number of likely N-dealkylation sites (tertiary alicyclic amines) is 1. The van der Waals surface area contributed by atoms with Crippen LogP contribution in [0.15, 0.2) is 29.6 Å². The molecule has 146 valence electrons. The fraction of sp³-hybridized carbons (Fsp3) is 0.600. The van der Waals surface area contributed by atoms with Gasteiger partial charge in [-0.15, -0.1) is 0 Å². The second-order valence-corrected chi connectivity index (χ2v) is 7.99. The van der Waals surface area contributed by atoms with E-state index in [-0.39, 0.29) is 11.8 Å². The molecule has 0 bridgehead atoms. The molecule has 0 N–H and O–H groups in total. The Balaban J connectivity index is 1.59. The summed E-state index contributed by atoms with van der Waals surface area (Å²) in [5.41, 5.74) is 0.694. The number of nitrogens with zero attached hydrogens (tertiary/aromatic N) is 4. The van der Waals surface area contributed by atoms with E-state index in [9.17, 15) is 9.59 Å². The highest BCUT2D eigenvalue weighted by Gasteiger charge is 2.46. The Hall–Kier alpha value is -2.44. The summed E-state index contributed by atoms with van der Waals surface area (Å²) < 4.78 is 0. The third-order valence-corrected chi connectivity index (χ3v) is 5.03. The second-order valence-electron chi connectivity index (χ2n) is 7.99. The number of carbonyl (C=O) groups excluding carboxylic acids is 2. The summed E-state index contributed by atoms with van der Waals surface area (Å²) in [4.78, 5) is 38.6. The van der Waals surface area contributed by atoms with E-state index < -0.39 is 5.60 Å². The molecule has 0 saturated carbocycles. The van der Waals surface area contributed by atoms with E-state index >= 15 is 0 Å². The molecule has 1 saturated heterocycles. The number of amides is 2. The van der Waals surface area contributed by atoms with Gasteiger partial charge in [0.1, 0.15) is 5.71 Å². The van der Waals surface area contributed by atoms with Crippen LogP contribution in [0.25, 0.3) is 0 Å². The second kappa shape index (κ2) is 8.06. The van der Waals surface area contributed by atoms with Gasteiger partial charge in [-0.05, 0) is 30.9 Å². The van der Waals surface area contributed by atoms with E-state index in [2.05, 4.69) is 10.1 Å². The van der Waals surface area contributed by atoms with Crippen molar-refractivity contribution < 1.29 is 14.4 Å². The largest absolute Gasteiger partial charge is 0.386 e.